The highest BCUT2D eigenvalue weighted by Crippen LogP contribution is 2.22. The van der Waals surface area contributed by atoms with Crippen LogP contribution in [-0.2, 0) is 4.79 Å². The minimum Gasteiger partial charge on any atom is -0.481 e. The van der Waals surface area contributed by atoms with Gasteiger partial charge < -0.3 is 15.0 Å². The topological polar surface area (TPSA) is 41.6 Å². The van der Waals surface area contributed by atoms with Gasteiger partial charge in [-0.2, -0.15) is 0 Å². The third-order valence-electron chi connectivity index (χ3n) is 3.43. The zero-order valence-electron chi connectivity index (χ0n) is 13.3. The normalized spacial score (nSPS) is 12.0. The monoisotopic (exact) mass is 296 g/mol. The summed E-state index contributed by atoms with van der Waals surface area (Å²) in [5.74, 6) is -0.461. The number of rotatable bonds is 8. The van der Waals surface area contributed by atoms with Crippen LogP contribution < -0.4 is 10.1 Å². The van der Waals surface area contributed by atoms with Gasteiger partial charge in [0.05, 0.1) is 0 Å². The van der Waals surface area contributed by atoms with E-state index in [1.165, 1.54) is 6.07 Å². The number of halogens is 1. The molecule has 0 aliphatic rings. The molecular weight excluding hydrogens is 271 g/mol. The highest BCUT2D eigenvalue weighted by Gasteiger charge is 2.13. The molecule has 0 heterocycles. The Kier molecular flexibility index (Phi) is 7.15. The van der Waals surface area contributed by atoms with Crippen molar-refractivity contribution >= 4 is 5.91 Å². The number of hydrogen-bond donors (Lipinski definition) is 1. The Bertz CT molecular complexity index is 462. The first-order valence-electron chi connectivity index (χ1n) is 7.46. The van der Waals surface area contributed by atoms with Gasteiger partial charge >= 0.3 is 0 Å². The molecule has 0 aliphatic carbocycles. The molecule has 1 atom stereocenters. The Morgan fingerprint density at radius 3 is 2.52 bits per heavy atom. The molecule has 0 fully saturated rings. The molecule has 1 aromatic rings. The van der Waals surface area contributed by atoms with Crippen molar-refractivity contribution in [3.05, 3.63) is 29.6 Å². The molecule has 118 valence electrons. The van der Waals surface area contributed by atoms with Crippen molar-refractivity contribution in [2.24, 2.45) is 0 Å². The van der Waals surface area contributed by atoms with Crippen molar-refractivity contribution in [3.63, 3.8) is 0 Å². The number of likely N-dealkylation sites (N-methyl/N-ethyl adjacent to an activating group) is 1. The van der Waals surface area contributed by atoms with E-state index in [9.17, 15) is 9.18 Å². The SMILES string of the molecule is CCNC(C)c1ccc(OCC(=O)N(CC)CC)c(F)c1. The minimum absolute atomic E-state index is 0.0795. The molecular formula is C16H25FN2O2. The number of hydrogen-bond acceptors (Lipinski definition) is 3. The molecule has 1 N–H and O–H groups in total. The van der Waals surface area contributed by atoms with Crippen LogP contribution in [0, 0.1) is 5.82 Å². The van der Waals surface area contributed by atoms with Crippen molar-refractivity contribution < 1.29 is 13.9 Å². The third kappa shape index (κ3) is 5.01. The highest BCUT2D eigenvalue weighted by molar-refractivity contribution is 5.77. The van der Waals surface area contributed by atoms with E-state index in [2.05, 4.69) is 5.32 Å². The van der Waals surface area contributed by atoms with Crippen molar-refractivity contribution in [1.29, 1.82) is 0 Å². The first-order chi connectivity index (χ1) is 10.0. The smallest absolute Gasteiger partial charge is 0.260 e. The standard InChI is InChI=1S/C16H25FN2O2/c1-5-18-12(4)13-8-9-15(14(17)10-13)21-11-16(20)19(6-2)7-3/h8-10,12,18H,5-7,11H2,1-4H3. The molecule has 0 spiro atoms. The van der Waals surface area contributed by atoms with Crippen molar-refractivity contribution in [3.8, 4) is 5.75 Å². The van der Waals surface area contributed by atoms with E-state index < -0.39 is 5.82 Å². The Labute approximate surface area is 126 Å². The lowest BCUT2D eigenvalue weighted by molar-refractivity contribution is -0.133. The largest absolute Gasteiger partial charge is 0.481 e. The van der Waals surface area contributed by atoms with Crippen molar-refractivity contribution in [2.75, 3.05) is 26.2 Å². The van der Waals surface area contributed by atoms with Gasteiger partial charge in [-0.15, -0.1) is 0 Å². The second-order valence-electron chi connectivity index (χ2n) is 4.82. The van der Waals surface area contributed by atoms with E-state index in [0.717, 1.165) is 12.1 Å². The first-order valence-corrected chi connectivity index (χ1v) is 7.46. The summed E-state index contributed by atoms with van der Waals surface area (Å²) in [4.78, 5) is 13.5. The van der Waals surface area contributed by atoms with E-state index in [1.807, 2.05) is 33.8 Å². The van der Waals surface area contributed by atoms with Crippen LogP contribution in [0.4, 0.5) is 4.39 Å². The number of nitrogens with zero attached hydrogens (tertiary/aromatic N) is 1. The fourth-order valence-electron chi connectivity index (χ4n) is 2.13. The second-order valence-corrected chi connectivity index (χ2v) is 4.82. The molecule has 1 amide bonds. The summed E-state index contributed by atoms with van der Waals surface area (Å²) in [6.07, 6.45) is 0. The number of carbonyl (C=O) groups excluding carboxylic acids is 1. The van der Waals surface area contributed by atoms with Crippen LogP contribution in [0.5, 0.6) is 5.75 Å². The van der Waals surface area contributed by atoms with Crippen molar-refractivity contribution in [2.45, 2.75) is 33.7 Å². The van der Waals surface area contributed by atoms with Gasteiger partial charge in [-0.3, -0.25) is 4.79 Å². The minimum atomic E-state index is -0.440. The molecule has 0 bridgehead atoms. The van der Waals surface area contributed by atoms with E-state index in [4.69, 9.17) is 4.74 Å². The maximum absolute atomic E-state index is 14.0. The highest BCUT2D eigenvalue weighted by atomic mass is 19.1. The summed E-state index contributed by atoms with van der Waals surface area (Å²) < 4.78 is 19.3. The lowest BCUT2D eigenvalue weighted by Gasteiger charge is -2.19. The van der Waals surface area contributed by atoms with Gasteiger partial charge in [-0.05, 0) is 45.0 Å². The Hall–Kier alpha value is -1.62. The fraction of sp³-hybridized carbons (Fsp3) is 0.562. The number of carbonyl (C=O) groups is 1. The molecule has 0 aromatic heterocycles. The molecule has 4 nitrogen and oxygen atoms in total. The zero-order valence-corrected chi connectivity index (χ0v) is 13.3. The second kappa shape index (κ2) is 8.62. The Morgan fingerprint density at radius 1 is 1.33 bits per heavy atom. The number of nitrogens with one attached hydrogen (secondary N) is 1. The van der Waals surface area contributed by atoms with Gasteiger partial charge in [0.1, 0.15) is 0 Å². The predicted octanol–water partition coefficient (Wildman–Crippen LogP) is 2.74. The zero-order chi connectivity index (χ0) is 15.8. The fourth-order valence-corrected chi connectivity index (χ4v) is 2.13. The molecule has 0 aliphatic heterocycles. The molecule has 21 heavy (non-hydrogen) atoms. The molecule has 5 heteroatoms. The third-order valence-corrected chi connectivity index (χ3v) is 3.43. The van der Waals surface area contributed by atoms with Gasteiger partial charge in [-0.25, -0.2) is 4.39 Å². The molecule has 0 saturated carbocycles. The van der Waals surface area contributed by atoms with Gasteiger partial charge in [0.25, 0.3) is 5.91 Å². The summed E-state index contributed by atoms with van der Waals surface area (Å²) in [6, 6.07) is 4.92. The van der Waals surface area contributed by atoms with Crippen LogP contribution in [0.3, 0.4) is 0 Å². The Morgan fingerprint density at radius 2 is 2.00 bits per heavy atom. The van der Waals surface area contributed by atoms with E-state index in [1.54, 1.807) is 11.0 Å². The van der Waals surface area contributed by atoms with Crippen LogP contribution >= 0.6 is 0 Å². The van der Waals surface area contributed by atoms with Gasteiger partial charge in [0.2, 0.25) is 0 Å². The Balaban J connectivity index is 2.67. The number of ether oxygens (including phenoxy) is 1. The van der Waals surface area contributed by atoms with E-state index in [0.29, 0.717) is 13.1 Å². The summed E-state index contributed by atoms with van der Waals surface area (Å²) in [5, 5.41) is 3.22. The summed E-state index contributed by atoms with van der Waals surface area (Å²) in [7, 11) is 0. The first kappa shape index (κ1) is 17.4. The lowest BCUT2D eigenvalue weighted by Crippen LogP contribution is -2.34. The molecule has 0 radical (unpaired) electrons. The van der Waals surface area contributed by atoms with Crippen LogP contribution in [0.15, 0.2) is 18.2 Å². The van der Waals surface area contributed by atoms with Gasteiger partial charge in [0, 0.05) is 19.1 Å². The molecule has 1 rings (SSSR count). The van der Waals surface area contributed by atoms with Crippen LogP contribution in [0.2, 0.25) is 0 Å². The maximum Gasteiger partial charge on any atom is 0.260 e. The predicted molar refractivity (Wildman–Crippen MR) is 81.9 cm³/mol. The average Bonchev–Trinajstić information content (AvgIpc) is 2.47. The van der Waals surface area contributed by atoms with Gasteiger partial charge in [-0.1, -0.05) is 13.0 Å². The quantitative estimate of drug-likeness (QED) is 0.802. The number of benzene rings is 1. The summed E-state index contributed by atoms with van der Waals surface area (Å²) in [5.41, 5.74) is 0.858. The maximum atomic E-state index is 14.0. The summed E-state index contributed by atoms with van der Waals surface area (Å²) in [6.45, 7) is 9.71. The van der Waals surface area contributed by atoms with Crippen LogP contribution in [0.25, 0.3) is 0 Å². The van der Waals surface area contributed by atoms with Crippen LogP contribution in [0.1, 0.15) is 39.3 Å². The van der Waals surface area contributed by atoms with Crippen LogP contribution in [-0.4, -0.2) is 37.0 Å². The van der Waals surface area contributed by atoms with Crippen molar-refractivity contribution in [1.82, 2.24) is 10.2 Å². The van der Waals surface area contributed by atoms with E-state index in [-0.39, 0.29) is 24.3 Å². The van der Waals surface area contributed by atoms with E-state index >= 15 is 0 Å². The molecule has 1 unspecified atom stereocenters. The lowest BCUT2D eigenvalue weighted by atomic mass is 10.1. The number of amides is 1. The van der Waals surface area contributed by atoms with Gasteiger partial charge in [0.15, 0.2) is 18.2 Å². The average molecular weight is 296 g/mol. The summed E-state index contributed by atoms with van der Waals surface area (Å²) >= 11 is 0. The molecule has 0 saturated heterocycles. The molecule has 1 aromatic carbocycles.